The van der Waals surface area contributed by atoms with E-state index in [0.717, 1.165) is 31.4 Å². The van der Waals surface area contributed by atoms with Gasteiger partial charge in [-0.1, -0.05) is 74.4 Å². The average molecular weight is 319 g/mol. The van der Waals surface area contributed by atoms with Gasteiger partial charge in [0.25, 0.3) is 0 Å². The molecule has 2 atom stereocenters. The normalized spacial score (nSPS) is 23.0. The number of nitrogens with zero attached hydrogens (tertiary/aromatic N) is 1. The molecule has 1 aliphatic rings. The third-order valence-electron chi connectivity index (χ3n) is 5.06. The second-order valence-corrected chi connectivity index (χ2v) is 6.58. The van der Waals surface area contributed by atoms with E-state index in [1.54, 1.807) is 0 Å². The summed E-state index contributed by atoms with van der Waals surface area (Å²) in [5.74, 6) is 0.232. The van der Waals surface area contributed by atoms with Crippen LogP contribution in [0.3, 0.4) is 0 Å². The van der Waals surface area contributed by atoms with Crippen molar-refractivity contribution in [3.63, 3.8) is 0 Å². The molecule has 0 spiro atoms. The van der Waals surface area contributed by atoms with Crippen LogP contribution in [0.25, 0.3) is 0 Å². The molecule has 2 aromatic carbocycles. The molecule has 2 heteroatoms. The van der Waals surface area contributed by atoms with Gasteiger partial charge in [0.15, 0.2) is 0 Å². The van der Waals surface area contributed by atoms with Gasteiger partial charge in [0, 0.05) is 5.69 Å². The lowest BCUT2D eigenvalue weighted by atomic mass is 9.62. The second-order valence-electron chi connectivity index (χ2n) is 6.58. The Morgan fingerprint density at radius 3 is 2.29 bits per heavy atom. The first kappa shape index (κ1) is 16.5. The Hall–Kier alpha value is -2.35. The molecule has 2 nitrogen and oxygen atoms in total. The van der Waals surface area contributed by atoms with Crippen LogP contribution in [0.4, 0.5) is 5.69 Å². The van der Waals surface area contributed by atoms with Gasteiger partial charge in [0.1, 0.15) is 0 Å². The Morgan fingerprint density at radius 2 is 1.71 bits per heavy atom. The largest absolute Gasteiger partial charge is 0.303 e. The van der Waals surface area contributed by atoms with Crippen LogP contribution in [0.1, 0.15) is 44.2 Å². The van der Waals surface area contributed by atoms with Crippen molar-refractivity contribution < 1.29 is 4.79 Å². The summed E-state index contributed by atoms with van der Waals surface area (Å²) in [5.41, 5.74) is 1.83. The summed E-state index contributed by atoms with van der Waals surface area (Å²) in [6, 6.07) is 20.5. The number of amides is 1. The van der Waals surface area contributed by atoms with Gasteiger partial charge in [-0.3, -0.25) is 4.79 Å². The number of benzene rings is 2. The topological polar surface area (TPSA) is 20.3 Å². The first-order valence-corrected chi connectivity index (χ1v) is 8.79. The van der Waals surface area contributed by atoms with E-state index in [0.29, 0.717) is 0 Å². The number of unbranched alkanes of at least 4 members (excludes halogenated alkanes) is 1. The van der Waals surface area contributed by atoms with Crippen molar-refractivity contribution in [2.45, 2.75) is 38.6 Å². The molecule has 1 amide bonds. The Kier molecular flexibility index (Phi) is 4.84. The zero-order valence-corrected chi connectivity index (χ0v) is 14.3. The standard InChI is InChI=1S/C22H25NO/c1-3-5-17-22(16-4-2)20(18-12-8-6-9-13-18)23(21(22)24)19-14-10-7-11-15-19/h4,6-15,20H,2-3,5,16-17H2,1H3. The minimum atomic E-state index is -0.352. The first-order valence-electron chi connectivity index (χ1n) is 8.79. The van der Waals surface area contributed by atoms with Gasteiger partial charge in [-0.15, -0.1) is 6.58 Å². The van der Waals surface area contributed by atoms with Crippen LogP contribution < -0.4 is 4.90 Å². The molecular formula is C22H25NO. The second kappa shape index (κ2) is 7.04. The predicted octanol–water partition coefficient (Wildman–Crippen LogP) is 5.53. The van der Waals surface area contributed by atoms with E-state index < -0.39 is 0 Å². The average Bonchev–Trinajstić information content (AvgIpc) is 2.64. The SMILES string of the molecule is C=CCC1(CCCC)C(=O)N(c2ccccc2)C1c1ccccc1. The molecule has 0 aromatic heterocycles. The van der Waals surface area contributed by atoms with Crippen molar-refractivity contribution in [3.05, 3.63) is 78.9 Å². The van der Waals surface area contributed by atoms with Crippen LogP contribution in [0.2, 0.25) is 0 Å². The number of hydrogen-bond donors (Lipinski definition) is 0. The smallest absolute Gasteiger partial charge is 0.236 e. The Bertz CT molecular complexity index is 694. The minimum Gasteiger partial charge on any atom is -0.303 e. The molecule has 1 heterocycles. The highest BCUT2D eigenvalue weighted by Gasteiger charge is 2.59. The van der Waals surface area contributed by atoms with Gasteiger partial charge in [-0.05, 0) is 30.5 Å². The van der Waals surface area contributed by atoms with Crippen molar-refractivity contribution in [2.24, 2.45) is 5.41 Å². The number of carbonyl (C=O) groups excluding carboxylic acids is 1. The number of carbonyl (C=O) groups is 1. The van der Waals surface area contributed by atoms with Crippen LogP contribution in [-0.2, 0) is 4.79 Å². The van der Waals surface area contributed by atoms with E-state index in [1.807, 2.05) is 47.4 Å². The maximum absolute atomic E-state index is 13.2. The molecule has 0 aliphatic carbocycles. The Morgan fingerprint density at radius 1 is 1.08 bits per heavy atom. The molecule has 2 unspecified atom stereocenters. The fourth-order valence-corrected chi connectivity index (χ4v) is 3.91. The summed E-state index contributed by atoms with van der Waals surface area (Å²) < 4.78 is 0. The van der Waals surface area contributed by atoms with E-state index in [2.05, 4.69) is 37.8 Å². The number of rotatable bonds is 7. The predicted molar refractivity (Wildman–Crippen MR) is 99.9 cm³/mol. The van der Waals surface area contributed by atoms with Crippen LogP contribution in [0.15, 0.2) is 73.3 Å². The van der Waals surface area contributed by atoms with E-state index >= 15 is 0 Å². The molecule has 1 aliphatic heterocycles. The molecule has 1 fully saturated rings. The zero-order valence-electron chi connectivity index (χ0n) is 14.3. The van der Waals surface area contributed by atoms with E-state index in [4.69, 9.17) is 0 Å². The Labute approximate surface area is 144 Å². The van der Waals surface area contributed by atoms with Gasteiger partial charge in [0.2, 0.25) is 5.91 Å². The fourth-order valence-electron chi connectivity index (χ4n) is 3.91. The molecule has 0 bridgehead atoms. The third kappa shape index (κ3) is 2.66. The van der Waals surface area contributed by atoms with E-state index in [9.17, 15) is 4.79 Å². The summed E-state index contributed by atoms with van der Waals surface area (Å²) >= 11 is 0. The quantitative estimate of drug-likeness (QED) is 0.485. The van der Waals surface area contributed by atoms with E-state index in [-0.39, 0.29) is 17.4 Å². The molecule has 0 saturated carbocycles. The minimum absolute atomic E-state index is 0.0816. The highest BCUT2D eigenvalue weighted by atomic mass is 16.2. The molecule has 0 radical (unpaired) electrons. The fraction of sp³-hybridized carbons (Fsp3) is 0.318. The Balaban J connectivity index is 2.05. The van der Waals surface area contributed by atoms with Crippen LogP contribution in [0.5, 0.6) is 0 Å². The highest BCUT2D eigenvalue weighted by molar-refractivity contribution is 6.06. The monoisotopic (exact) mass is 319 g/mol. The molecule has 2 aromatic rings. The summed E-state index contributed by atoms with van der Waals surface area (Å²) in [6.07, 6.45) is 5.71. The maximum Gasteiger partial charge on any atom is 0.236 e. The lowest BCUT2D eigenvalue weighted by Crippen LogP contribution is -2.63. The van der Waals surface area contributed by atoms with Crippen molar-refractivity contribution in [3.8, 4) is 0 Å². The molecule has 3 rings (SSSR count). The molecule has 124 valence electrons. The summed E-state index contributed by atoms with van der Waals surface area (Å²) in [4.78, 5) is 15.2. The van der Waals surface area contributed by atoms with Crippen LogP contribution >= 0.6 is 0 Å². The van der Waals surface area contributed by atoms with Crippen LogP contribution in [-0.4, -0.2) is 5.91 Å². The molecular weight excluding hydrogens is 294 g/mol. The van der Waals surface area contributed by atoms with E-state index in [1.165, 1.54) is 5.56 Å². The number of allylic oxidation sites excluding steroid dienone is 1. The summed E-state index contributed by atoms with van der Waals surface area (Å²) in [7, 11) is 0. The molecule has 1 saturated heterocycles. The van der Waals surface area contributed by atoms with Gasteiger partial charge >= 0.3 is 0 Å². The van der Waals surface area contributed by atoms with Crippen molar-refractivity contribution in [1.29, 1.82) is 0 Å². The van der Waals surface area contributed by atoms with Crippen molar-refractivity contribution in [1.82, 2.24) is 0 Å². The van der Waals surface area contributed by atoms with Crippen LogP contribution in [0, 0.1) is 5.41 Å². The lowest BCUT2D eigenvalue weighted by molar-refractivity contribution is -0.141. The van der Waals surface area contributed by atoms with Crippen molar-refractivity contribution >= 4 is 11.6 Å². The van der Waals surface area contributed by atoms with Gasteiger partial charge < -0.3 is 4.90 Å². The zero-order chi connectivity index (χ0) is 17.0. The number of anilines is 1. The maximum atomic E-state index is 13.2. The first-order chi connectivity index (χ1) is 11.7. The summed E-state index contributed by atoms with van der Waals surface area (Å²) in [5, 5.41) is 0. The third-order valence-corrected chi connectivity index (χ3v) is 5.06. The number of para-hydroxylation sites is 1. The summed E-state index contributed by atoms with van der Waals surface area (Å²) in [6.45, 7) is 6.10. The number of β-lactam (4-membered cyclic amide) rings is 1. The highest BCUT2D eigenvalue weighted by Crippen LogP contribution is 2.56. The lowest BCUT2D eigenvalue weighted by Gasteiger charge is -2.56. The number of hydrogen-bond acceptors (Lipinski definition) is 1. The molecule has 0 N–H and O–H groups in total. The van der Waals surface area contributed by atoms with Gasteiger partial charge in [0.05, 0.1) is 11.5 Å². The van der Waals surface area contributed by atoms with Gasteiger partial charge in [-0.2, -0.15) is 0 Å². The molecule has 24 heavy (non-hydrogen) atoms. The van der Waals surface area contributed by atoms with Gasteiger partial charge in [-0.25, -0.2) is 0 Å². The van der Waals surface area contributed by atoms with Crippen molar-refractivity contribution in [2.75, 3.05) is 4.90 Å².